The molecule has 0 aromatic heterocycles. The monoisotopic (exact) mass is 367 g/mol. The predicted octanol–water partition coefficient (Wildman–Crippen LogP) is -1.19. The van der Waals surface area contributed by atoms with Gasteiger partial charge in [-0.2, -0.15) is 0 Å². The van der Waals surface area contributed by atoms with E-state index in [-0.39, 0.29) is 77.3 Å². The van der Waals surface area contributed by atoms with E-state index in [4.69, 9.17) is 0 Å². The molecule has 0 aliphatic carbocycles. The van der Waals surface area contributed by atoms with Crippen LogP contribution in [0.1, 0.15) is 0 Å². The van der Waals surface area contributed by atoms with Crippen molar-refractivity contribution in [2.75, 3.05) is 0 Å². The Kier molecular flexibility index (Phi) is 143. The van der Waals surface area contributed by atoms with E-state index in [1.807, 2.05) is 0 Å². The fourth-order valence-corrected chi connectivity index (χ4v) is 0. The summed E-state index contributed by atoms with van der Waals surface area (Å²) in [5.41, 5.74) is 0. The Morgan fingerprint density at radius 1 is 1.00 bits per heavy atom. The number of hydrogen-bond acceptors (Lipinski definition) is 0. The first-order valence-electron chi connectivity index (χ1n) is 0. The first kappa shape index (κ1) is 31.9. The van der Waals surface area contributed by atoms with E-state index in [0.29, 0.717) is 0 Å². The Bertz CT molecular complexity index is 8.00. The third kappa shape index (κ3) is 8.82. The van der Waals surface area contributed by atoms with E-state index >= 15 is 0 Å². The minimum absolute atomic E-state index is 0. The molecule has 4 heavy (non-hydrogen) atoms. The molecule has 0 heterocycles. The molecule has 0 rings (SSSR count). The predicted molar refractivity (Wildman–Crippen MR) is 9.94 cm³/mol. The molecule has 0 aromatic rings. The van der Waals surface area contributed by atoms with Gasteiger partial charge in [-0.3, -0.25) is 0 Å². The molecule has 0 spiro atoms. The molecule has 0 aliphatic heterocycles. The van der Waals surface area contributed by atoms with Gasteiger partial charge in [-0.25, -0.2) is 0 Å². The van der Waals surface area contributed by atoms with Crippen molar-refractivity contribution in [1.82, 2.24) is 0 Å². The summed E-state index contributed by atoms with van der Waals surface area (Å²) in [5.74, 6) is 0. The van der Waals surface area contributed by atoms with Crippen molar-refractivity contribution < 1.29 is 59.9 Å². The molecule has 0 nitrogen and oxygen atoms in total. The van der Waals surface area contributed by atoms with E-state index < -0.39 is 0 Å². The summed E-state index contributed by atoms with van der Waals surface area (Å²) in [6, 6.07) is 0. The van der Waals surface area contributed by atoms with Crippen LogP contribution in [0.2, 0.25) is 0 Å². The summed E-state index contributed by atoms with van der Waals surface area (Å²) in [6.45, 7) is 0. The van der Waals surface area contributed by atoms with Crippen molar-refractivity contribution in [3.63, 3.8) is 0 Å². The fourth-order valence-electron chi connectivity index (χ4n) is 0. The summed E-state index contributed by atoms with van der Waals surface area (Å²) in [4.78, 5) is 0. The van der Waals surface area contributed by atoms with E-state index in [1.54, 1.807) is 0 Å². The molecule has 1 radical (unpaired) electrons. The smallest absolute Gasteiger partial charge is 0 e. The SMILES string of the molecule is [AlH3].[Mo].[Ni].[Ta]. The van der Waals surface area contributed by atoms with Gasteiger partial charge in [-0.15, -0.1) is 0 Å². The van der Waals surface area contributed by atoms with E-state index in [9.17, 15) is 0 Å². The van der Waals surface area contributed by atoms with Gasteiger partial charge in [0.2, 0.25) is 0 Å². The second kappa shape index (κ2) is 18.0. The Morgan fingerprint density at radius 3 is 1.00 bits per heavy atom. The van der Waals surface area contributed by atoms with Crippen molar-refractivity contribution in [3.05, 3.63) is 0 Å². The Hall–Kier alpha value is 2.45. The van der Waals surface area contributed by atoms with Crippen molar-refractivity contribution in [3.8, 4) is 0 Å². The van der Waals surface area contributed by atoms with Gasteiger partial charge in [0.15, 0.2) is 17.4 Å². The normalized spacial score (nSPS) is 0. The number of hydrogen-bond donors (Lipinski definition) is 0. The van der Waals surface area contributed by atoms with Crippen LogP contribution in [-0.2, 0) is 59.9 Å². The second-order valence-corrected chi connectivity index (χ2v) is 0. The first-order chi connectivity index (χ1) is 0. The van der Waals surface area contributed by atoms with E-state index in [1.165, 1.54) is 0 Å². The average molecular weight is 366 g/mol. The maximum Gasteiger partial charge on any atom is 0.187 e. The van der Waals surface area contributed by atoms with Gasteiger partial charge >= 0.3 is 0 Å². The van der Waals surface area contributed by atoms with E-state index in [2.05, 4.69) is 0 Å². The maximum absolute atomic E-state index is 0. The van der Waals surface area contributed by atoms with Gasteiger partial charge in [0, 0.05) is 59.9 Å². The van der Waals surface area contributed by atoms with Gasteiger partial charge in [-0.05, 0) is 0 Å². The van der Waals surface area contributed by atoms with Gasteiger partial charge in [-0.1, -0.05) is 0 Å². The summed E-state index contributed by atoms with van der Waals surface area (Å²) in [7, 11) is 0. The molecule has 0 aliphatic rings. The van der Waals surface area contributed by atoms with Crippen LogP contribution in [-0.4, -0.2) is 17.4 Å². The van der Waals surface area contributed by atoms with Crippen LogP contribution in [0.15, 0.2) is 0 Å². The molecular weight excluding hydrogens is 363 g/mol. The largest absolute Gasteiger partial charge is 0.187 e. The van der Waals surface area contributed by atoms with Crippen LogP contribution in [0.4, 0.5) is 0 Å². The molecule has 4 heteroatoms. The van der Waals surface area contributed by atoms with Gasteiger partial charge in [0.05, 0.1) is 0 Å². The van der Waals surface area contributed by atoms with Crippen LogP contribution in [0, 0.1) is 0 Å². The van der Waals surface area contributed by atoms with Crippen LogP contribution < -0.4 is 0 Å². The van der Waals surface area contributed by atoms with Crippen molar-refractivity contribution in [2.24, 2.45) is 0 Å². The quantitative estimate of drug-likeness (QED) is 0.474. The third-order valence-electron chi connectivity index (χ3n) is 0. The van der Waals surface area contributed by atoms with Gasteiger partial charge < -0.3 is 0 Å². The van der Waals surface area contributed by atoms with Gasteiger partial charge in [0.25, 0.3) is 0 Å². The minimum atomic E-state index is 0. The summed E-state index contributed by atoms with van der Waals surface area (Å²) in [6.07, 6.45) is 0. The Balaban J connectivity index is 0. The molecule has 0 fully saturated rings. The van der Waals surface area contributed by atoms with Crippen molar-refractivity contribution in [2.45, 2.75) is 0 Å². The molecule has 0 amide bonds. The molecule has 0 N–H and O–H groups in total. The number of rotatable bonds is 0. The maximum atomic E-state index is 0. The van der Waals surface area contributed by atoms with Crippen molar-refractivity contribution >= 4 is 17.4 Å². The molecule has 27 valence electrons. The third-order valence-corrected chi connectivity index (χ3v) is 0. The van der Waals surface area contributed by atoms with Crippen LogP contribution in [0.5, 0.6) is 0 Å². The Morgan fingerprint density at radius 2 is 1.00 bits per heavy atom. The minimum Gasteiger partial charge on any atom is 0 e. The molecule has 0 saturated carbocycles. The molecule has 0 atom stereocenters. The second-order valence-electron chi connectivity index (χ2n) is 0. The molecule has 0 unspecified atom stereocenters. The molecule has 0 saturated heterocycles. The molecular formula is H3AlMoNiTa. The zero-order valence-corrected chi connectivity index (χ0v) is 7.38. The Labute approximate surface area is 76.3 Å². The first-order valence-corrected chi connectivity index (χ1v) is 0. The van der Waals surface area contributed by atoms with E-state index in [0.717, 1.165) is 0 Å². The zero-order valence-electron chi connectivity index (χ0n) is 1.17. The molecule has 0 aromatic carbocycles. The summed E-state index contributed by atoms with van der Waals surface area (Å²) >= 11 is 0. The average Bonchev–Trinajstić information content (AvgIpc) is 0. The van der Waals surface area contributed by atoms with Gasteiger partial charge in [0.1, 0.15) is 0 Å². The molecule has 0 bridgehead atoms. The summed E-state index contributed by atoms with van der Waals surface area (Å²) < 4.78 is 0. The van der Waals surface area contributed by atoms with Crippen LogP contribution in [0.3, 0.4) is 0 Å². The zero-order chi connectivity index (χ0) is 0. The van der Waals surface area contributed by atoms with Crippen LogP contribution in [0.25, 0.3) is 0 Å². The standard InChI is InChI=1S/Al.Mo.Ni.Ta.3H. The fraction of sp³-hybridized carbons (Fsp3) is 0. The topological polar surface area (TPSA) is 0 Å². The van der Waals surface area contributed by atoms with Crippen molar-refractivity contribution in [1.29, 1.82) is 0 Å². The van der Waals surface area contributed by atoms with Crippen LogP contribution >= 0.6 is 0 Å². The summed E-state index contributed by atoms with van der Waals surface area (Å²) in [5, 5.41) is 0.